The lowest BCUT2D eigenvalue weighted by Crippen LogP contribution is -2.12. The monoisotopic (exact) mass is 297 g/mol. The van der Waals surface area contributed by atoms with E-state index in [4.69, 9.17) is 5.11 Å². The molecule has 112 valence electrons. The predicted octanol–water partition coefficient (Wildman–Crippen LogP) is 2.46. The fourth-order valence-corrected chi connectivity index (χ4v) is 2.57. The van der Waals surface area contributed by atoms with Gasteiger partial charge in [-0.25, -0.2) is 4.98 Å². The summed E-state index contributed by atoms with van der Waals surface area (Å²) >= 11 is 0. The largest absolute Gasteiger partial charge is 0.481 e. The lowest BCUT2D eigenvalue weighted by molar-refractivity contribution is -0.137. The molecule has 0 saturated carbocycles. The standard InChI is InChI=1S/C16H15N3O3/c20-14(21)7-3-5-12-11-4-1-2-6-13(11)18-15(12)16(22)19-9-8-17-10-19/h1-2,4,6,8-10,18H,3,5,7H2,(H,20,21). The van der Waals surface area contributed by atoms with E-state index >= 15 is 0 Å². The molecule has 6 nitrogen and oxygen atoms in total. The zero-order valence-electron chi connectivity index (χ0n) is 11.8. The molecular weight excluding hydrogens is 282 g/mol. The molecule has 0 aliphatic rings. The van der Waals surface area contributed by atoms with Crippen molar-refractivity contribution in [3.63, 3.8) is 0 Å². The zero-order valence-corrected chi connectivity index (χ0v) is 11.8. The van der Waals surface area contributed by atoms with Crippen molar-refractivity contribution in [1.29, 1.82) is 0 Å². The summed E-state index contributed by atoms with van der Waals surface area (Å²) in [6, 6.07) is 7.64. The summed E-state index contributed by atoms with van der Waals surface area (Å²) in [6.45, 7) is 0. The second kappa shape index (κ2) is 5.85. The molecular formula is C16H15N3O3. The fourth-order valence-electron chi connectivity index (χ4n) is 2.57. The van der Waals surface area contributed by atoms with Crippen LogP contribution in [-0.2, 0) is 11.2 Å². The van der Waals surface area contributed by atoms with Crippen LogP contribution in [0, 0.1) is 0 Å². The molecule has 3 aromatic rings. The van der Waals surface area contributed by atoms with Crippen LogP contribution in [0.4, 0.5) is 0 Å². The van der Waals surface area contributed by atoms with Crippen LogP contribution >= 0.6 is 0 Å². The van der Waals surface area contributed by atoms with Gasteiger partial charge in [-0.3, -0.25) is 14.2 Å². The molecule has 2 aromatic heterocycles. The first-order valence-corrected chi connectivity index (χ1v) is 7.01. The number of imidazole rings is 1. The predicted molar refractivity (Wildman–Crippen MR) is 80.8 cm³/mol. The molecule has 2 heterocycles. The number of hydrogen-bond acceptors (Lipinski definition) is 3. The van der Waals surface area contributed by atoms with Gasteiger partial charge in [-0.2, -0.15) is 0 Å². The molecule has 6 heteroatoms. The number of aromatic amines is 1. The van der Waals surface area contributed by atoms with Gasteiger partial charge < -0.3 is 10.1 Å². The van der Waals surface area contributed by atoms with Crippen LogP contribution in [0.3, 0.4) is 0 Å². The highest BCUT2D eigenvalue weighted by Gasteiger charge is 2.18. The molecule has 0 atom stereocenters. The number of benzene rings is 1. The maximum absolute atomic E-state index is 12.6. The summed E-state index contributed by atoms with van der Waals surface area (Å²) in [5, 5.41) is 9.75. The molecule has 0 aliphatic carbocycles. The number of carboxylic acids is 1. The Morgan fingerprint density at radius 2 is 2.09 bits per heavy atom. The molecule has 0 spiro atoms. The first-order valence-electron chi connectivity index (χ1n) is 7.01. The summed E-state index contributed by atoms with van der Waals surface area (Å²) in [4.78, 5) is 30.3. The van der Waals surface area contributed by atoms with Crippen molar-refractivity contribution in [2.75, 3.05) is 0 Å². The van der Waals surface area contributed by atoms with Crippen LogP contribution in [0.1, 0.15) is 28.9 Å². The van der Waals surface area contributed by atoms with Crippen LogP contribution in [0.15, 0.2) is 43.0 Å². The third-order valence-electron chi connectivity index (χ3n) is 3.58. The van der Waals surface area contributed by atoms with Crippen molar-refractivity contribution in [2.45, 2.75) is 19.3 Å². The van der Waals surface area contributed by atoms with Gasteiger partial charge in [0.15, 0.2) is 0 Å². The van der Waals surface area contributed by atoms with Crippen molar-refractivity contribution < 1.29 is 14.7 Å². The Morgan fingerprint density at radius 3 is 2.82 bits per heavy atom. The lowest BCUT2D eigenvalue weighted by atomic mass is 10.0. The second-order valence-electron chi connectivity index (χ2n) is 5.05. The van der Waals surface area contributed by atoms with Crippen molar-refractivity contribution >= 4 is 22.8 Å². The maximum Gasteiger partial charge on any atom is 0.303 e. The quantitative estimate of drug-likeness (QED) is 0.757. The van der Waals surface area contributed by atoms with Crippen LogP contribution in [-0.4, -0.2) is 31.5 Å². The number of carbonyl (C=O) groups is 2. The summed E-state index contributed by atoms with van der Waals surface area (Å²) in [5.74, 6) is -1.03. The van der Waals surface area contributed by atoms with Crippen molar-refractivity contribution in [1.82, 2.24) is 14.5 Å². The third kappa shape index (κ3) is 2.63. The molecule has 22 heavy (non-hydrogen) atoms. The van der Waals surface area contributed by atoms with Crippen LogP contribution < -0.4 is 0 Å². The third-order valence-corrected chi connectivity index (χ3v) is 3.58. The van der Waals surface area contributed by atoms with E-state index in [2.05, 4.69) is 9.97 Å². The number of aryl methyl sites for hydroxylation is 1. The van der Waals surface area contributed by atoms with Gasteiger partial charge in [-0.15, -0.1) is 0 Å². The minimum Gasteiger partial charge on any atom is -0.481 e. The van der Waals surface area contributed by atoms with Crippen molar-refractivity contribution in [3.8, 4) is 0 Å². The number of nitrogens with one attached hydrogen (secondary N) is 1. The average Bonchev–Trinajstić information content (AvgIpc) is 3.14. The van der Waals surface area contributed by atoms with E-state index in [0.717, 1.165) is 16.5 Å². The number of aromatic nitrogens is 3. The molecule has 0 radical (unpaired) electrons. The first kappa shape index (κ1) is 14.1. The highest BCUT2D eigenvalue weighted by atomic mass is 16.4. The number of nitrogens with zero attached hydrogens (tertiary/aromatic N) is 2. The lowest BCUT2D eigenvalue weighted by Gasteiger charge is -2.04. The Kier molecular flexibility index (Phi) is 3.74. The van der Waals surface area contributed by atoms with Gasteiger partial charge in [0.25, 0.3) is 5.91 Å². The molecule has 0 saturated heterocycles. The number of carbonyl (C=O) groups excluding carboxylic acids is 1. The summed E-state index contributed by atoms with van der Waals surface area (Å²) in [6.07, 6.45) is 5.69. The highest BCUT2D eigenvalue weighted by Crippen LogP contribution is 2.25. The zero-order chi connectivity index (χ0) is 15.5. The summed E-state index contributed by atoms with van der Waals surface area (Å²) in [5.41, 5.74) is 2.22. The van der Waals surface area contributed by atoms with Crippen LogP contribution in [0.2, 0.25) is 0 Å². The summed E-state index contributed by atoms with van der Waals surface area (Å²) in [7, 11) is 0. The average molecular weight is 297 g/mol. The van der Waals surface area contributed by atoms with Gasteiger partial charge >= 0.3 is 5.97 Å². The van der Waals surface area contributed by atoms with Crippen molar-refractivity contribution in [3.05, 3.63) is 54.2 Å². The Morgan fingerprint density at radius 1 is 1.27 bits per heavy atom. The number of H-pyrrole nitrogens is 1. The van der Waals surface area contributed by atoms with Crippen LogP contribution in [0.5, 0.6) is 0 Å². The van der Waals surface area contributed by atoms with E-state index < -0.39 is 5.97 Å². The minimum atomic E-state index is -0.831. The van der Waals surface area contributed by atoms with Crippen molar-refractivity contribution in [2.24, 2.45) is 0 Å². The smallest absolute Gasteiger partial charge is 0.303 e. The maximum atomic E-state index is 12.6. The molecule has 3 rings (SSSR count). The number of hydrogen-bond donors (Lipinski definition) is 2. The van der Waals surface area contributed by atoms with E-state index in [9.17, 15) is 9.59 Å². The van der Waals surface area contributed by atoms with Gasteiger partial charge in [-0.1, -0.05) is 18.2 Å². The molecule has 0 aliphatic heterocycles. The highest BCUT2D eigenvalue weighted by molar-refractivity contribution is 6.02. The molecule has 0 amide bonds. The molecule has 1 aromatic carbocycles. The van der Waals surface area contributed by atoms with E-state index in [1.54, 1.807) is 12.4 Å². The Hall–Kier alpha value is -2.89. The Bertz CT molecular complexity index is 818. The van der Waals surface area contributed by atoms with E-state index in [0.29, 0.717) is 18.5 Å². The number of para-hydroxylation sites is 1. The number of carboxylic acid groups (broad SMARTS) is 1. The van der Waals surface area contributed by atoms with E-state index in [1.807, 2.05) is 24.3 Å². The molecule has 0 fully saturated rings. The number of aliphatic carboxylic acids is 1. The molecule has 0 unspecified atom stereocenters. The Balaban J connectivity index is 2.00. The topological polar surface area (TPSA) is 88.0 Å². The first-order chi connectivity index (χ1) is 10.7. The van der Waals surface area contributed by atoms with Gasteiger partial charge in [0.1, 0.15) is 12.0 Å². The molecule has 0 bridgehead atoms. The van der Waals surface area contributed by atoms with E-state index in [1.165, 1.54) is 10.9 Å². The van der Waals surface area contributed by atoms with E-state index in [-0.39, 0.29) is 12.3 Å². The SMILES string of the molecule is O=C(O)CCCc1c(C(=O)n2ccnc2)[nH]c2ccccc12. The normalized spacial score (nSPS) is 10.9. The van der Waals surface area contributed by atoms with Gasteiger partial charge in [0.05, 0.1) is 0 Å². The summed E-state index contributed by atoms with van der Waals surface area (Å²) < 4.78 is 1.41. The fraction of sp³-hybridized carbons (Fsp3) is 0.188. The van der Waals surface area contributed by atoms with Crippen LogP contribution in [0.25, 0.3) is 10.9 Å². The molecule has 2 N–H and O–H groups in total. The Labute approximate surface area is 126 Å². The van der Waals surface area contributed by atoms with Gasteiger partial charge in [0.2, 0.25) is 0 Å². The second-order valence-corrected chi connectivity index (χ2v) is 5.05. The van der Waals surface area contributed by atoms with Gasteiger partial charge in [0, 0.05) is 29.7 Å². The number of fused-ring (bicyclic) bond motifs is 1. The minimum absolute atomic E-state index is 0.0816. The number of rotatable bonds is 5. The van der Waals surface area contributed by atoms with Gasteiger partial charge in [-0.05, 0) is 24.5 Å².